The summed E-state index contributed by atoms with van der Waals surface area (Å²) in [5.74, 6) is 1.40. The van der Waals surface area contributed by atoms with Crippen LogP contribution in [0.15, 0.2) is 66.7 Å². The van der Waals surface area contributed by atoms with Gasteiger partial charge < -0.3 is 15.0 Å². The molecular weight excluding hydrogens is 374 g/mol. The van der Waals surface area contributed by atoms with Gasteiger partial charge >= 0.3 is 0 Å². The molecule has 0 atom stereocenters. The Balaban J connectivity index is 1.38. The number of ether oxygens (including phenoxy) is 1. The van der Waals surface area contributed by atoms with Gasteiger partial charge in [-0.05, 0) is 67.8 Å². The van der Waals surface area contributed by atoms with Crippen molar-refractivity contribution in [1.82, 2.24) is 9.97 Å². The van der Waals surface area contributed by atoms with Crippen LogP contribution in [-0.4, -0.2) is 22.5 Å². The highest BCUT2D eigenvalue weighted by molar-refractivity contribution is 6.06. The Morgan fingerprint density at radius 2 is 1.83 bits per heavy atom. The van der Waals surface area contributed by atoms with Gasteiger partial charge in [-0.25, -0.2) is 4.98 Å². The maximum atomic E-state index is 12.6. The number of aromatic nitrogens is 2. The Morgan fingerprint density at radius 1 is 1.03 bits per heavy atom. The first kappa shape index (κ1) is 19.7. The van der Waals surface area contributed by atoms with Gasteiger partial charge in [0.2, 0.25) is 0 Å². The summed E-state index contributed by atoms with van der Waals surface area (Å²) in [6.07, 6.45) is 1.71. The average molecular weight is 399 g/mol. The van der Waals surface area contributed by atoms with E-state index in [1.807, 2.05) is 49.4 Å². The molecule has 2 N–H and O–H groups in total. The summed E-state index contributed by atoms with van der Waals surface area (Å²) in [5, 5.41) is 2.94. The molecule has 0 saturated heterocycles. The average Bonchev–Trinajstić information content (AvgIpc) is 3.16. The number of hydrogen-bond donors (Lipinski definition) is 2. The van der Waals surface area contributed by atoms with Crippen molar-refractivity contribution in [3.8, 4) is 5.75 Å². The van der Waals surface area contributed by atoms with E-state index in [1.54, 1.807) is 12.1 Å². The van der Waals surface area contributed by atoms with Gasteiger partial charge in [-0.3, -0.25) is 4.79 Å². The van der Waals surface area contributed by atoms with Crippen molar-refractivity contribution < 1.29 is 9.53 Å². The van der Waals surface area contributed by atoms with Crippen molar-refractivity contribution in [3.05, 3.63) is 89.2 Å². The van der Waals surface area contributed by atoms with Crippen LogP contribution in [-0.2, 0) is 12.8 Å². The lowest BCUT2D eigenvalue weighted by molar-refractivity contribution is 0.102. The van der Waals surface area contributed by atoms with Gasteiger partial charge in [0.25, 0.3) is 5.91 Å². The fourth-order valence-electron chi connectivity index (χ4n) is 3.45. The van der Waals surface area contributed by atoms with Crippen molar-refractivity contribution in [1.29, 1.82) is 0 Å². The number of fused-ring (bicyclic) bond motifs is 1. The fourth-order valence-corrected chi connectivity index (χ4v) is 3.45. The number of carbonyl (C=O) groups excluding carboxylic acids is 1. The van der Waals surface area contributed by atoms with E-state index >= 15 is 0 Å². The molecule has 0 aliphatic heterocycles. The summed E-state index contributed by atoms with van der Waals surface area (Å²) in [6, 6.07) is 21.4. The topological polar surface area (TPSA) is 67.0 Å². The number of para-hydroxylation sites is 1. The van der Waals surface area contributed by atoms with Crippen LogP contribution in [0.2, 0.25) is 0 Å². The minimum atomic E-state index is -0.177. The molecule has 0 aliphatic carbocycles. The Kier molecular flexibility index (Phi) is 5.80. The maximum Gasteiger partial charge on any atom is 0.259 e. The van der Waals surface area contributed by atoms with Crippen LogP contribution < -0.4 is 10.1 Å². The molecule has 4 aromatic rings. The third-order valence-electron chi connectivity index (χ3n) is 4.98. The van der Waals surface area contributed by atoms with Crippen molar-refractivity contribution >= 4 is 22.6 Å². The molecule has 0 bridgehead atoms. The van der Waals surface area contributed by atoms with Gasteiger partial charge in [-0.1, -0.05) is 30.3 Å². The van der Waals surface area contributed by atoms with Crippen LogP contribution in [0.25, 0.3) is 11.0 Å². The Morgan fingerprint density at radius 3 is 2.63 bits per heavy atom. The molecule has 0 fully saturated rings. The van der Waals surface area contributed by atoms with Crippen LogP contribution in [0.5, 0.6) is 5.75 Å². The van der Waals surface area contributed by atoms with E-state index in [-0.39, 0.29) is 5.91 Å². The molecule has 0 radical (unpaired) electrons. The van der Waals surface area contributed by atoms with E-state index in [1.165, 1.54) is 11.1 Å². The molecule has 0 unspecified atom stereocenters. The van der Waals surface area contributed by atoms with Crippen molar-refractivity contribution in [2.75, 3.05) is 11.9 Å². The van der Waals surface area contributed by atoms with E-state index in [4.69, 9.17) is 4.74 Å². The minimum absolute atomic E-state index is 0.177. The fraction of sp³-hybridized carbons (Fsp3) is 0.200. The van der Waals surface area contributed by atoms with Crippen LogP contribution >= 0.6 is 0 Å². The first-order valence-corrected chi connectivity index (χ1v) is 10.2. The molecule has 1 amide bonds. The Bertz CT molecular complexity index is 1160. The molecule has 152 valence electrons. The van der Waals surface area contributed by atoms with Crippen LogP contribution in [0, 0.1) is 6.92 Å². The number of carbonyl (C=O) groups is 1. The quantitative estimate of drug-likeness (QED) is 0.443. The smallest absolute Gasteiger partial charge is 0.259 e. The van der Waals surface area contributed by atoms with E-state index in [0.29, 0.717) is 17.9 Å². The second-order valence-corrected chi connectivity index (χ2v) is 7.28. The number of nitrogens with one attached hydrogen (secondary N) is 2. The monoisotopic (exact) mass is 399 g/mol. The Hall–Kier alpha value is -3.60. The second-order valence-electron chi connectivity index (χ2n) is 7.28. The zero-order valence-corrected chi connectivity index (χ0v) is 17.2. The number of H-pyrrole nitrogens is 1. The number of amides is 1. The molecule has 5 heteroatoms. The number of benzene rings is 3. The van der Waals surface area contributed by atoms with Gasteiger partial charge in [0.15, 0.2) is 0 Å². The minimum Gasteiger partial charge on any atom is -0.493 e. The summed E-state index contributed by atoms with van der Waals surface area (Å²) in [5.41, 5.74) is 5.78. The number of rotatable bonds is 7. The normalized spacial score (nSPS) is 10.9. The van der Waals surface area contributed by atoms with E-state index < -0.39 is 0 Å². The lowest BCUT2D eigenvalue weighted by atomic mass is 10.1. The Labute approximate surface area is 176 Å². The van der Waals surface area contributed by atoms with Gasteiger partial charge in [0.1, 0.15) is 11.6 Å². The highest BCUT2D eigenvalue weighted by atomic mass is 16.5. The molecule has 1 heterocycles. The van der Waals surface area contributed by atoms with Crippen LogP contribution in [0.3, 0.4) is 0 Å². The number of aromatic amines is 1. The molecule has 0 saturated carbocycles. The predicted octanol–water partition coefficient (Wildman–Crippen LogP) is 5.31. The zero-order chi connectivity index (χ0) is 20.9. The summed E-state index contributed by atoms with van der Waals surface area (Å²) in [7, 11) is 0. The third kappa shape index (κ3) is 4.51. The number of anilines is 1. The van der Waals surface area contributed by atoms with Gasteiger partial charge in [0.05, 0.1) is 23.2 Å². The SMILES string of the molecule is CCOc1ccccc1C(=O)Nc1ccc(CCc2nc3ccc(C)cc3[nH]2)cc1. The van der Waals surface area contributed by atoms with Crippen LogP contribution in [0.4, 0.5) is 5.69 Å². The highest BCUT2D eigenvalue weighted by Crippen LogP contribution is 2.20. The second kappa shape index (κ2) is 8.82. The van der Waals surface area contributed by atoms with Crippen molar-refractivity contribution in [3.63, 3.8) is 0 Å². The van der Waals surface area contributed by atoms with Gasteiger partial charge in [0, 0.05) is 12.1 Å². The van der Waals surface area contributed by atoms with Crippen molar-refractivity contribution in [2.24, 2.45) is 0 Å². The van der Waals surface area contributed by atoms with Crippen LogP contribution in [0.1, 0.15) is 34.2 Å². The lowest BCUT2D eigenvalue weighted by Gasteiger charge is -2.11. The standard InChI is InChI=1S/C25H25N3O2/c1-3-30-23-7-5-4-6-20(23)25(29)26-19-12-9-18(10-13-19)11-15-24-27-21-14-8-17(2)16-22(21)28-24/h4-10,12-14,16H,3,11,15H2,1-2H3,(H,26,29)(H,27,28). The number of nitrogens with zero attached hydrogens (tertiary/aromatic N) is 1. The predicted molar refractivity (Wildman–Crippen MR) is 120 cm³/mol. The molecule has 30 heavy (non-hydrogen) atoms. The lowest BCUT2D eigenvalue weighted by Crippen LogP contribution is -2.13. The number of imidazole rings is 1. The molecule has 5 nitrogen and oxygen atoms in total. The largest absolute Gasteiger partial charge is 0.493 e. The third-order valence-corrected chi connectivity index (χ3v) is 4.98. The first-order valence-electron chi connectivity index (χ1n) is 10.2. The highest BCUT2D eigenvalue weighted by Gasteiger charge is 2.12. The molecule has 3 aromatic carbocycles. The maximum absolute atomic E-state index is 12.6. The number of aryl methyl sites for hydroxylation is 3. The van der Waals surface area contributed by atoms with E-state index in [9.17, 15) is 4.79 Å². The van der Waals surface area contributed by atoms with Gasteiger partial charge in [-0.15, -0.1) is 0 Å². The molecular formula is C25H25N3O2. The molecule has 1 aromatic heterocycles. The van der Waals surface area contributed by atoms with Gasteiger partial charge in [-0.2, -0.15) is 0 Å². The summed E-state index contributed by atoms with van der Waals surface area (Å²) < 4.78 is 5.55. The van der Waals surface area contributed by atoms with E-state index in [2.05, 4.69) is 34.3 Å². The van der Waals surface area contributed by atoms with Crippen molar-refractivity contribution in [2.45, 2.75) is 26.7 Å². The molecule has 4 rings (SSSR count). The summed E-state index contributed by atoms with van der Waals surface area (Å²) >= 11 is 0. The summed E-state index contributed by atoms with van der Waals surface area (Å²) in [4.78, 5) is 20.7. The first-order chi connectivity index (χ1) is 14.6. The van der Waals surface area contributed by atoms with E-state index in [0.717, 1.165) is 35.4 Å². The molecule has 0 aliphatic rings. The summed E-state index contributed by atoms with van der Waals surface area (Å²) in [6.45, 7) is 4.50. The zero-order valence-electron chi connectivity index (χ0n) is 17.2. The number of hydrogen-bond acceptors (Lipinski definition) is 3. The molecule has 0 spiro atoms.